The summed E-state index contributed by atoms with van der Waals surface area (Å²) in [5.74, 6) is -0.514. The number of aliphatic carboxylic acids is 1. The molecule has 31 heavy (non-hydrogen) atoms. The Morgan fingerprint density at radius 3 is 2.00 bits per heavy atom. The van der Waals surface area contributed by atoms with Crippen molar-refractivity contribution < 1.29 is 19.4 Å². The Labute approximate surface area is 185 Å². The topological polar surface area (TPSA) is 75.6 Å². The zero-order valence-corrected chi connectivity index (χ0v) is 18.7. The molecule has 2 aromatic carbocycles. The third kappa shape index (κ3) is 8.44. The fourth-order valence-corrected chi connectivity index (χ4v) is 3.42. The van der Waals surface area contributed by atoms with Crippen LogP contribution in [0.25, 0.3) is 11.1 Å². The van der Waals surface area contributed by atoms with Crippen LogP contribution in [0.1, 0.15) is 75.6 Å². The fourth-order valence-electron chi connectivity index (χ4n) is 3.42. The van der Waals surface area contributed by atoms with Crippen LogP contribution in [0.2, 0.25) is 0 Å². The average Bonchev–Trinajstić information content (AvgIpc) is 2.78. The highest BCUT2D eigenvalue weighted by atomic mass is 16.5. The van der Waals surface area contributed by atoms with Crippen molar-refractivity contribution >= 4 is 11.9 Å². The molecule has 2 N–H and O–H groups in total. The number of carbonyl (C=O) groups is 2. The van der Waals surface area contributed by atoms with Gasteiger partial charge < -0.3 is 15.2 Å². The maximum Gasteiger partial charge on any atom is 0.326 e. The first-order valence-corrected chi connectivity index (χ1v) is 11.4. The van der Waals surface area contributed by atoms with Gasteiger partial charge in [-0.2, -0.15) is 0 Å². The largest absolute Gasteiger partial charge is 0.494 e. The highest BCUT2D eigenvalue weighted by Crippen LogP contribution is 2.23. The zero-order chi connectivity index (χ0) is 22.5. The van der Waals surface area contributed by atoms with Crippen molar-refractivity contribution in [2.45, 2.75) is 71.3 Å². The molecule has 0 unspecified atom stereocenters. The summed E-state index contributed by atoms with van der Waals surface area (Å²) < 4.78 is 5.83. The zero-order valence-electron chi connectivity index (χ0n) is 18.7. The maximum atomic E-state index is 12.3. The summed E-state index contributed by atoms with van der Waals surface area (Å²) >= 11 is 0. The molecule has 0 aromatic heterocycles. The van der Waals surface area contributed by atoms with Crippen molar-refractivity contribution in [3.63, 3.8) is 0 Å². The van der Waals surface area contributed by atoms with Crippen molar-refractivity contribution in [3.8, 4) is 16.9 Å². The Hall–Kier alpha value is -2.82. The summed E-state index contributed by atoms with van der Waals surface area (Å²) in [6.07, 6.45) is 8.56. The van der Waals surface area contributed by atoms with E-state index in [0.29, 0.717) is 18.4 Å². The van der Waals surface area contributed by atoms with Crippen LogP contribution in [0.4, 0.5) is 0 Å². The minimum Gasteiger partial charge on any atom is -0.494 e. The summed E-state index contributed by atoms with van der Waals surface area (Å²) in [6, 6.07) is 14.3. The predicted molar refractivity (Wildman–Crippen MR) is 125 cm³/mol. The van der Waals surface area contributed by atoms with Gasteiger partial charge in [0.1, 0.15) is 11.8 Å². The van der Waals surface area contributed by atoms with Crippen molar-refractivity contribution in [2.24, 2.45) is 0 Å². The van der Waals surface area contributed by atoms with Gasteiger partial charge in [0.2, 0.25) is 0 Å². The van der Waals surface area contributed by atoms with E-state index in [-0.39, 0.29) is 5.91 Å². The molecule has 2 rings (SSSR count). The average molecular weight is 426 g/mol. The van der Waals surface area contributed by atoms with Crippen LogP contribution in [-0.4, -0.2) is 29.6 Å². The van der Waals surface area contributed by atoms with Gasteiger partial charge in [0.25, 0.3) is 5.91 Å². The van der Waals surface area contributed by atoms with E-state index >= 15 is 0 Å². The molecule has 0 saturated carbocycles. The molecule has 0 fully saturated rings. The van der Waals surface area contributed by atoms with Gasteiger partial charge in [-0.25, -0.2) is 4.79 Å². The lowest BCUT2D eigenvalue weighted by atomic mass is 10.0. The molecule has 5 heteroatoms. The number of nitrogens with one attached hydrogen (secondary N) is 1. The molecule has 0 radical (unpaired) electrons. The van der Waals surface area contributed by atoms with Crippen LogP contribution >= 0.6 is 0 Å². The van der Waals surface area contributed by atoms with Gasteiger partial charge in [-0.05, 0) is 48.2 Å². The van der Waals surface area contributed by atoms with Crippen molar-refractivity contribution in [1.29, 1.82) is 0 Å². The number of carboxylic acid groups (broad SMARTS) is 1. The Balaban J connectivity index is 1.85. The molecule has 1 atom stereocenters. The third-order valence-electron chi connectivity index (χ3n) is 5.28. The fraction of sp³-hybridized carbons (Fsp3) is 0.462. The summed E-state index contributed by atoms with van der Waals surface area (Å²) in [4.78, 5) is 23.6. The van der Waals surface area contributed by atoms with E-state index in [2.05, 4.69) is 12.2 Å². The highest BCUT2D eigenvalue weighted by Gasteiger charge is 2.19. The lowest BCUT2D eigenvalue weighted by Crippen LogP contribution is -2.40. The van der Waals surface area contributed by atoms with E-state index in [0.717, 1.165) is 29.9 Å². The van der Waals surface area contributed by atoms with Crippen LogP contribution in [0.5, 0.6) is 5.75 Å². The highest BCUT2D eigenvalue weighted by molar-refractivity contribution is 5.97. The molecule has 2 aromatic rings. The molecule has 1 amide bonds. The molecule has 168 valence electrons. The quantitative estimate of drug-likeness (QED) is 0.360. The minimum absolute atomic E-state index is 0.370. The second-order valence-corrected chi connectivity index (χ2v) is 7.87. The van der Waals surface area contributed by atoms with E-state index in [9.17, 15) is 14.7 Å². The van der Waals surface area contributed by atoms with Crippen molar-refractivity contribution in [1.82, 2.24) is 5.32 Å². The molecule has 0 bridgehead atoms. The number of hydrogen-bond donors (Lipinski definition) is 2. The predicted octanol–water partition coefficient (Wildman–Crippen LogP) is 6.08. The molecule has 0 saturated heterocycles. The normalized spacial score (nSPS) is 11.7. The number of ether oxygens (including phenoxy) is 1. The van der Waals surface area contributed by atoms with E-state index in [1.165, 1.54) is 32.1 Å². The number of amides is 1. The van der Waals surface area contributed by atoms with E-state index in [1.807, 2.05) is 43.3 Å². The lowest BCUT2D eigenvalue weighted by Gasteiger charge is -2.13. The molecule has 0 aliphatic rings. The van der Waals surface area contributed by atoms with Gasteiger partial charge in [-0.1, -0.05) is 76.6 Å². The van der Waals surface area contributed by atoms with Gasteiger partial charge in [-0.15, -0.1) is 0 Å². The standard InChI is InChI=1S/C26H35NO4/c1-3-5-6-7-8-9-19-31-23-17-15-21(16-18-23)20-11-13-22(14-12-20)25(28)27-24(10-4-2)26(29)30/h11-18,24H,3-10,19H2,1-2H3,(H,27,28)(H,29,30)/t24-/m0/s1. The van der Waals surface area contributed by atoms with Gasteiger partial charge in [0, 0.05) is 5.56 Å². The van der Waals surface area contributed by atoms with Gasteiger partial charge in [-0.3, -0.25) is 4.79 Å². The van der Waals surface area contributed by atoms with Crippen LogP contribution in [0.15, 0.2) is 48.5 Å². The van der Waals surface area contributed by atoms with E-state index < -0.39 is 12.0 Å². The van der Waals surface area contributed by atoms with Gasteiger partial charge in [0.05, 0.1) is 6.61 Å². The summed E-state index contributed by atoms with van der Waals surface area (Å²) in [5, 5.41) is 11.8. The Morgan fingerprint density at radius 1 is 0.839 bits per heavy atom. The maximum absolute atomic E-state index is 12.3. The van der Waals surface area contributed by atoms with Crippen LogP contribution in [0, 0.1) is 0 Å². The molecule has 0 spiro atoms. The number of unbranched alkanes of at least 4 members (excludes halogenated alkanes) is 5. The Bertz CT molecular complexity index is 799. The first-order valence-electron chi connectivity index (χ1n) is 11.4. The van der Waals surface area contributed by atoms with Gasteiger partial charge in [0.15, 0.2) is 0 Å². The summed E-state index contributed by atoms with van der Waals surface area (Å²) in [5.41, 5.74) is 2.47. The molecular weight excluding hydrogens is 390 g/mol. The Kier molecular flexibility index (Phi) is 10.6. The van der Waals surface area contributed by atoms with Crippen LogP contribution in [-0.2, 0) is 4.79 Å². The van der Waals surface area contributed by atoms with Crippen molar-refractivity contribution in [2.75, 3.05) is 6.61 Å². The molecular formula is C26H35NO4. The van der Waals surface area contributed by atoms with E-state index in [1.54, 1.807) is 12.1 Å². The Morgan fingerprint density at radius 2 is 1.42 bits per heavy atom. The number of benzene rings is 2. The summed E-state index contributed by atoms with van der Waals surface area (Å²) in [7, 11) is 0. The number of rotatable bonds is 14. The molecule has 0 aliphatic carbocycles. The lowest BCUT2D eigenvalue weighted by molar-refractivity contribution is -0.139. The monoisotopic (exact) mass is 425 g/mol. The van der Waals surface area contributed by atoms with E-state index in [4.69, 9.17) is 4.74 Å². The number of carboxylic acids is 1. The minimum atomic E-state index is -1.01. The first-order chi connectivity index (χ1) is 15.0. The number of hydrogen-bond acceptors (Lipinski definition) is 3. The molecule has 0 aliphatic heterocycles. The van der Waals surface area contributed by atoms with Gasteiger partial charge >= 0.3 is 5.97 Å². The second-order valence-electron chi connectivity index (χ2n) is 7.87. The second kappa shape index (κ2) is 13.5. The first kappa shape index (κ1) is 24.4. The third-order valence-corrected chi connectivity index (χ3v) is 5.28. The van der Waals surface area contributed by atoms with Crippen molar-refractivity contribution in [3.05, 3.63) is 54.1 Å². The van der Waals surface area contributed by atoms with Crippen LogP contribution < -0.4 is 10.1 Å². The number of carbonyl (C=O) groups excluding carboxylic acids is 1. The molecule has 0 heterocycles. The molecule has 5 nitrogen and oxygen atoms in total. The SMILES string of the molecule is CCCCCCCCOc1ccc(-c2ccc(C(=O)N[C@@H](CCC)C(=O)O)cc2)cc1. The summed E-state index contributed by atoms with van der Waals surface area (Å²) in [6.45, 7) is 4.86. The van der Waals surface area contributed by atoms with Crippen LogP contribution in [0.3, 0.4) is 0 Å². The smallest absolute Gasteiger partial charge is 0.326 e.